The molecule has 1 atom stereocenters. The number of carboxylic acids is 1. The quantitative estimate of drug-likeness (QED) is 0.794. The second kappa shape index (κ2) is 6.78. The molecule has 0 saturated carbocycles. The number of urea groups is 1. The van der Waals surface area contributed by atoms with Crippen LogP contribution in [-0.2, 0) is 9.59 Å². The molecular formula is C14H23N3O4. The molecule has 0 radical (unpaired) electrons. The topological polar surface area (TPSA) is 90.0 Å². The van der Waals surface area contributed by atoms with Crippen LogP contribution in [0.15, 0.2) is 0 Å². The second-order valence-corrected chi connectivity index (χ2v) is 5.81. The van der Waals surface area contributed by atoms with E-state index in [1.807, 2.05) is 4.90 Å². The van der Waals surface area contributed by atoms with Crippen LogP contribution < -0.4 is 5.32 Å². The molecule has 0 aromatic carbocycles. The fourth-order valence-corrected chi connectivity index (χ4v) is 2.83. The first-order chi connectivity index (χ1) is 9.99. The highest BCUT2D eigenvalue weighted by molar-refractivity contribution is 5.85. The van der Waals surface area contributed by atoms with Gasteiger partial charge in [0.15, 0.2) is 0 Å². The van der Waals surface area contributed by atoms with Crippen molar-refractivity contribution in [3.05, 3.63) is 0 Å². The number of carbonyl (C=O) groups excluding carboxylic acids is 2. The van der Waals surface area contributed by atoms with Crippen LogP contribution in [0.5, 0.6) is 0 Å². The van der Waals surface area contributed by atoms with Crippen LogP contribution in [0.2, 0.25) is 0 Å². The molecule has 2 aliphatic heterocycles. The van der Waals surface area contributed by atoms with Crippen molar-refractivity contribution in [3.8, 4) is 0 Å². The summed E-state index contributed by atoms with van der Waals surface area (Å²) in [5, 5.41) is 11.3. The molecule has 2 N–H and O–H groups in total. The molecule has 0 bridgehead atoms. The van der Waals surface area contributed by atoms with E-state index in [4.69, 9.17) is 5.11 Å². The first-order valence-corrected chi connectivity index (χ1v) is 7.56. The summed E-state index contributed by atoms with van der Waals surface area (Å²) in [6, 6.07) is -0.799. The van der Waals surface area contributed by atoms with Gasteiger partial charge in [0.05, 0.1) is 0 Å². The predicted molar refractivity (Wildman–Crippen MR) is 75.7 cm³/mol. The fourth-order valence-electron chi connectivity index (χ4n) is 2.83. The smallest absolute Gasteiger partial charge is 0.325 e. The van der Waals surface area contributed by atoms with Crippen molar-refractivity contribution in [2.24, 2.45) is 5.92 Å². The number of carboxylic acid groups (broad SMARTS) is 1. The summed E-state index contributed by atoms with van der Waals surface area (Å²) in [4.78, 5) is 38.6. The summed E-state index contributed by atoms with van der Waals surface area (Å²) in [6.07, 6.45) is 3.32. The van der Waals surface area contributed by atoms with Crippen LogP contribution in [0.25, 0.3) is 0 Å². The Labute approximate surface area is 124 Å². The lowest BCUT2D eigenvalue weighted by Gasteiger charge is -2.34. The van der Waals surface area contributed by atoms with Crippen molar-refractivity contribution >= 4 is 17.9 Å². The number of carbonyl (C=O) groups is 3. The van der Waals surface area contributed by atoms with Crippen molar-refractivity contribution in [1.82, 2.24) is 15.1 Å². The van der Waals surface area contributed by atoms with Gasteiger partial charge in [0.1, 0.15) is 6.04 Å². The summed E-state index contributed by atoms with van der Waals surface area (Å²) in [5.41, 5.74) is 0. The van der Waals surface area contributed by atoms with Gasteiger partial charge >= 0.3 is 12.0 Å². The van der Waals surface area contributed by atoms with Gasteiger partial charge in [-0.1, -0.05) is 0 Å². The van der Waals surface area contributed by atoms with Gasteiger partial charge in [-0.05, 0) is 32.6 Å². The van der Waals surface area contributed by atoms with Crippen molar-refractivity contribution in [1.29, 1.82) is 0 Å². The average molecular weight is 297 g/mol. The Bertz CT molecular complexity index is 412. The van der Waals surface area contributed by atoms with Crippen molar-refractivity contribution in [3.63, 3.8) is 0 Å². The second-order valence-electron chi connectivity index (χ2n) is 5.81. The highest BCUT2D eigenvalue weighted by Crippen LogP contribution is 2.20. The molecule has 7 heteroatoms. The maximum Gasteiger partial charge on any atom is 0.325 e. The average Bonchev–Trinajstić information content (AvgIpc) is 3.00. The summed E-state index contributed by atoms with van der Waals surface area (Å²) in [6.45, 7) is 4.24. The Morgan fingerprint density at radius 3 is 2.10 bits per heavy atom. The molecule has 0 unspecified atom stereocenters. The lowest BCUT2D eigenvalue weighted by atomic mass is 9.96. The first-order valence-electron chi connectivity index (χ1n) is 7.56. The van der Waals surface area contributed by atoms with Gasteiger partial charge < -0.3 is 20.2 Å². The molecule has 2 rings (SSSR count). The molecule has 0 aromatic rings. The Balaban J connectivity index is 1.78. The number of amides is 3. The fraction of sp³-hybridized carbons (Fsp3) is 0.786. The number of nitrogens with zero attached hydrogens (tertiary/aromatic N) is 2. The Morgan fingerprint density at radius 2 is 1.57 bits per heavy atom. The lowest BCUT2D eigenvalue weighted by Crippen LogP contribution is -2.49. The molecule has 2 fully saturated rings. The van der Waals surface area contributed by atoms with Crippen molar-refractivity contribution in [2.75, 3.05) is 26.2 Å². The molecule has 21 heavy (non-hydrogen) atoms. The number of aliphatic carboxylic acids is 1. The summed E-state index contributed by atoms with van der Waals surface area (Å²) >= 11 is 0. The minimum Gasteiger partial charge on any atom is -0.480 e. The molecule has 3 amide bonds. The third kappa shape index (κ3) is 3.86. The number of piperidine rings is 1. The van der Waals surface area contributed by atoms with Crippen LogP contribution in [-0.4, -0.2) is 65.0 Å². The van der Waals surface area contributed by atoms with Gasteiger partial charge in [-0.3, -0.25) is 9.59 Å². The number of rotatable bonds is 3. The van der Waals surface area contributed by atoms with Crippen LogP contribution in [0.3, 0.4) is 0 Å². The number of hydrogen-bond acceptors (Lipinski definition) is 3. The van der Waals surface area contributed by atoms with Gasteiger partial charge in [-0.15, -0.1) is 0 Å². The van der Waals surface area contributed by atoms with E-state index in [1.165, 1.54) is 6.92 Å². The molecule has 7 nitrogen and oxygen atoms in total. The highest BCUT2D eigenvalue weighted by Gasteiger charge is 2.31. The van der Waals surface area contributed by atoms with E-state index in [1.54, 1.807) is 4.90 Å². The highest BCUT2D eigenvalue weighted by atomic mass is 16.4. The number of hydrogen-bond donors (Lipinski definition) is 2. The molecule has 2 heterocycles. The van der Waals surface area contributed by atoms with Gasteiger partial charge in [0, 0.05) is 32.1 Å². The predicted octanol–water partition coefficient (Wildman–Crippen LogP) is 0.504. The summed E-state index contributed by atoms with van der Waals surface area (Å²) in [5.74, 6) is -1.46. The molecule has 118 valence electrons. The van der Waals surface area contributed by atoms with Crippen molar-refractivity contribution in [2.45, 2.75) is 38.6 Å². The van der Waals surface area contributed by atoms with Gasteiger partial charge in [-0.25, -0.2) is 4.79 Å². The lowest BCUT2D eigenvalue weighted by molar-refractivity contribution is -0.142. The number of nitrogens with one attached hydrogen (secondary N) is 1. The molecule has 2 saturated heterocycles. The maximum atomic E-state index is 12.2. The Hall–Kier alpha value is -1.79. The van der Waals surface area contributed by atoms with E-state index >= 15 is 0 Å². The Kier molecular flexibility index (Phi) is 5.03. The van der Waals surface area contributed by atoms with E-state index in [0.29, 0.717) is 25.9 Å². The third-order valence-electron chi connectivity index (χ3n) is 4.24. The van der Waals surface area contributed by atoms with Gasteiger partial charge in [-0.2, -0.15) is 0 Å². The van der Waals surface area contributed by atoms with E-state index in [2.05, 4.69) is 5.32 Å². The van der Waals surface area contributed by atoms with E-state index in [0.717, 1.165) is 25.9 Å². The summed E-state index contributed by atoms with van der Waals surface area (Å²) in [7, 11) is 0. The minimum atomic E-state index is -1.04. The van der Waals surface area contributed by atoms with Gasteiger partial charge in [0.2, 0.25) is 5.91 Å². The first kappa shape index (κ1) is 15.6. The SMILES string of the molecule is C[C@H](NC(=O)C1CCN(C(=O)N2CCCC2)CC1)C(=O)O. The zero-order chi connectivity index (χ0) is 15.4. The monoisotopic (exact) mass is 297 g/mol. The molecule has 0 aromatic heterocycles. The zero-order valence-corrected chi connectivity index (χ0v) is 12.4. The molecular weight excluding hydrogens is 274 g/mol. The van der Waals surface area contributed by atoms with E-state index in [-0.39, 0.29) is 17.9 Å². The number of likely N-dealkylation sites (tertiary alicyclic amines) is 2. The maximum absolute atomic E-state index is 12.2. The largest absolute Gasteiger partial charge is 0.480 e. The standard InChI is InChI=1S/C14H23N3O4/c1-10(13(19)20)15-12(18)11-4-8-17(9-5-11)14(21)16-6-2-3-7-16/h10-11H,2-9H2,1H3,(H,15,18)(H,19,20)/t10-/m0/s1. The zero-order valence-electron chi connectivity index (χ0n) is 12.4. The van der Waals surface area contributed by atoms with E-state index in [9.17, 15) is 14.4 Å². The van der Waals surface area contributed by atoms with Crippen LogP contribution >= 0.6 is 0 Å². The van der Waals surface area contributed by atoms with Crippen LogP contribution in [0.1, 0.15) is 32.6 Å². The van der Waals surface area contributed by atoms with Crippen LogP contribution in [0.4, 0.5) is 4.79 Å². The third-order valence-corrected chi connectivity index (χ3v) is 4.24. The molecule has 0 aliphatic carbocycles. The van der Waals surface area contributed by atoms with E-state index < -0.39 is 12.0 Å². The summed E-state index contributed by atoms with van der Waals surface area (Å²) < 4.78 is 0. The van der Waals surface area contributed by atoms with Crippen molar-refractivity contribution < 1.29 is 19.5 Å². The Morgan fingerprint density at radius 1 is 1.05 bits per heavy atom. The van der Waals surface area contributed by atoms with Crippen LogP contribution in [0, 0.1) is 5.92 Å². The molecule has 2 aliphatic rings. The minimum absolute atomic E-state index is 0.0743. The molecule has 0 spiro atoms. The normalized spacial score (nSPS) is 21.2. The van der Waals surface area contributed by atoms with Gasteiger partial charge in [0.25, 0.3) is 0 Å².